The number of rotatable bonds is 7. The maximum atomic E-state index is 11.0. The number of amides is 1. The first-order chi connectivity index (χ1) is 6.97. The number of nitrogens with one attached hydrogen (secondary N) is 1. The normalized spacial score (nSPS) is 11.9. The molecule has 0 aromatic carbocycles. The molecule has 0 saturated heterocycles. The zero-order valence-corrected chi connectivity index (χ0v) is 8.52. The van der Waals surface area contributed by atoms with Gasteiger partial charge in [-0.15, -0.1) is 0 Å². The van der Waals surface area contributed by atoms with Crippen molar-refractivity contribution in [2.45, 2.75) is 32.2 Å². The fraction of sp³-hybridized carbons (Fsp3) is 0.667. The van der Waals surface area contributed by atoms with Gasteiger partial charge < -0.3 is 20.3 Å². The van der Waals surface area contributed by atoms with Crippen molar-refractivity contribution in [1.29, 1.82) is 0 Å². The van der Waals surface area contributed by atoms with E-state index in [9.17, 15) is 14.4 Å². The third-order valence-corrected chi connectivity index (χ3v) is 1.76. The first kappa shape index (κ1) is 13.6. The Morgan fingerprint density at radius 1 is 1.27 bits per heavy atom. The summed E-state index contributed by atoms with van der Waals surface area (Å²) in [7, 11) is 0. The lowest BCUT2D eigenvalue weighted by Crippen LogP contribution is -2.41. The van der Waals surface area contributed by atoms with Crippen LogP contribution in [0.1, 0.15) is 26.2 Å². The summed E-state index contributed by atoms with van der Waals surface area (Å²) in [6, 6.07) is -1.06. The molecule has 1 atom stereocenters. The lowest BCUT2D eigenvalue weighted by Gasteiger charge is -2.12. The number of Topliss-reactive ketones (excluding diaryl/α,β-unsaturated/α-hetero) is 1. The van der Waals surface area contributed by atoms with Crippen LogP contribution in [0.15, 0.2) is 0 Å². The largest absolute Gasteiger partial charge is 0.480 e. The smallest absolute Gasteiger partial charge is 0.326 e. The van der Waals surface area contributed by atoms with Crippen LogP contribution in [0, 0.1) is 0 Å². The van der Waals surface area contributed by atoms with E-state index in [-0.39, 0.29) is 31.7 Å². The molecular weight excluding hydrogens is 202 g/mol. The van der Waals surface area contributed by atoms with Crippen LogP contribution in [0.25, 0.3) is 0 Å². The number of aliphatic hydroxyl groups excluding tert-OH is 1. The van der Waals surface area contributed by atoms with Crippen molar-refractivity contribution in [3.8, 4) is 0 Å². The summed E-state index contributed by atoms with van der Waals surface area (Å²) in [5.41, 5.74) is 0. The summed E-state index contributed by atoms with van der Waals surface area (Å²) in [5, 5.41) is 19.4. The fourth-order valence-electron chi connectivity index (χ4n) is 0.973. The summed E-state index contributed by atoms with van der Waals surface area (Å²) in [5.74, 6) is -1.84. The van der Waals surface area contributed by atoms with Crippen LogP contribution < -0.4 is 5.32 Å². The van der Waals surface area contributed by atoms with Crippen LogP contribution >= 0.6 is 0 Å². The zero-order valence-electron chi connectivity index (χ0n) is 8.52. The van der Waals surface area contributed by atoms with E-state index < -0.39 is 17.9 Å². The number of carboxylic acid groups (broad SMARTS) is 1. The SMILES string of the molecule is CC(=O)CC[C@@H](NC(=O)CCO)C(=O)O. The second-order valence-electron chi connectivity index (χ2n) is 3.17. The summed E-state index contributed by atoms with van der Waals surface area (Å²) in [6.07, 6.45) is 0.0437. The highest BCUT2D eigenvalue weighted by molar-refractivity contribution is 5.84. The average Bonchev–Trinajstić information content (AvgIpc) is 2.11. The van der Waals surface area contributed by atoms with E-state index >= 15 is 0 Å². The van der Waals surface area contributed by atoms with Gasteiger partial charge in [0.05, 0.1) is 6.61 Å². The molecule has 0 fully saturated rings. The van der Waals surface area contributed by atoms with Gasteiger partial charge in [-0.25, -0.2) is 4.79 Å². The molecule has 6 heteroatoms. The van der Waals surface area contributed by atoms with E-state index in [1.807, 2.05) is 0 Å². The lowest BCUT2D eigenvalue weighted by molar-refractivity contribution is -0.142. The molecule has 0 aromatic heterocycles. The predicted octanol–water partition coefficient (Wildman–Crippen LogP) is -0.693. The predicted molar refractivity (Wildman–Crippen MR) is 51.2 cm³/mol. The monoisotopic (exact) mass is 217 g/mol. The minimum absolute atomic E-state index is 0.0713. The number of carboxylic acids is 1. The van der Waals surface area contributed by atoms with E-state index in [1.165, 1.54) is 6.92 Å². The minimum atomic E-state index is -1.18. The van der Waals surface area contributed by atoms with Gasteiger partial charge in [0, 0.05) is 12.8 Å². The molecule has 0 heterocycles. The molecule has 0 saturated carbocycles. The van der Waals surface area contributed by atoms with E-state index in [1.54, 1.807) is 0 Å². The highest BCUT2D eigenvalue weighted by Crippen LogP contribution is 1.99. The Hall–Kier alpha value is -1.43. The summed E-state index contributed by atoms with van der Waals surface area (Å²) in [4.78, 5) is 32.3. The van der Waals surface area contributed by atoms with Gasteiger partial charge in [-0.2, -0.15) is 0 Å². The molecule has 86 valence electrons. The third kappa shape index (κ3) is 6.62. The average molecular weight is 217 g/mol. The number of ketones is 1. The molecule has 0 unspecified atom stereocenters. The molecule has 0 rings (SSSR count). The number of hydrogen-bond donors (Lipinski definition) is 3. The van der Waals surface area contributed by atoms with Crippen molar-refractivity contribution in [1.82, 2.24) is 5.32 Å². The van der Waals surface area contributed by atoms with Gasteiger partial charge in [-0.05, 0) is 13.3 Å². The van der Waals surface area contributed by atoms with Gasteiger partial charge >= 0.3 is 5.97 Å². The number of carbonyl (C=O) groups is 3. The maximum Gasteiger partial charge on any atom is 0.326 e. The van der Waals surface area contributed by atoms with Crippen LogP contribution in [-0.4, -0.2) is 40.5 Å². The topological polar surface area (TPSA) is 104 Å². The molecule has 15 heavy (non-hydrogen) atoms. The number of carbonyl (C=O) groups excluding carboxylic acids is 2. The molecule has 0 aromatic rings. The Balaban J connectivity index is 4.10. The molecule has 0 aliphatic carbocycles. The summed E-state index contributed by atoms with van der Waals surface area (Å²) in [6.45, 7) is 1.03. The number of aliphatic carboxylic acids is 1. The fourth-order valence-corrected chi connectivity index (χ4v) is 0.973. The Bertz CT molecular complexity index is 251. The summed E-state index contributed by atoms with van der Waals surface area (Å²) >= 11 is 0. The zero-order chi connectivity index (χ0) is 11.8. The molecule has 0 bridgehead atoms. The van der Waals surface area contributed by atoms with Crippen molar-refractivity contribution < 1.29 is 24.6 Å². The third-order valence-electron chi connectivity index (χ3n) is 1.76. The Morgan fingerprint density at radius 3 is 2.27 bits per heavy atom. The maximum absolute atomic E-state index is 11.0. The number of aliphatic hydroxyl groups is 1. The molecule has 0 spiro atoms. The molecule has 0 radical (unpaired) electrons. The Morgan fingerprint density at radius 2 is 1.87 bits per heavy atom. The standard InChI is InChI=1S/C9H15NO5/c1-6(12)2-3-7(9(14)15)10-8(13)4-5-11/h7,11H,2-5H2,1H3,(H,10,13)(H,14,15)/t7-/m1/s1. The van der Waals surface area contributed by atoms with Crippen molar-refractivity contribution in [3.05, 3.63) is 0 Å². The van der Waals surface area contributed by atoms with Crippen molar-refractivity contribution in [2.24, 2.45) is 0 Å². The van der Waals surface area contributed by atoms with Gasteiger partial charge in [0.25, 0.3) is 0 Å². The lowest BCUT2D eigenvalue weighted by atomic mass is 10.1. The van der Waals surface area contributed by atoms with Crippen LogP contribution in [-0.2, 0) is 14.4 Å². The highest BCUT2D eigenvalue weighted by atomic mass is 16.4. The van der Waals surface area contributed by atoms with E-state index in [0.29, 0.717) is 0 Å². The van der Waals surface area contributed by atoms with Crippen LogP contribution in [0.2, 0.25) is 0 Å². The molecule has 0 aliphatic heterocycles. The molecule has 1 amide bonds. The van der Waals surface area contributed by atoms with Gasteiger partial charge in [-0.3, -0.25) is 4.79 Å². The molecular formula is C9H15NO5. The van der Waals surface area contributed by atoms with Crippen LogP contribution in [0.4, 0.5) is 0 Å². The van der Waals surface area contributed by atoms with Crippen LogP contribution in [0.5, 0.6) is 0 Å². The van der Waals surface area contributed by atoms with E-state index in [4.69, 9.17) is 10.2 Å². The van der Waals surface area contributed by atoms with E-state index in [0.717, 1.165) is 0 Å². The summed E-state index contributed by atoms with van der Waals surface area (Å²) < 4.78 is 0. The van der Waals surface area contributed by atoms with Crippen molar-refractivity contribution >= 4 is 17.7 Å². The highest BCUT2D eigenvalue weighted by Gasteiger charge is 2.19. The quantitative estimate of drug-likeness (QED) is 0.523. The van der Waals surface area contributed by atoms with Crippen molar-refractivity contribution in [2.75, 3.05) is 6.61 Å². The van der Waals surface area contributed by atoms with Crippen molar-refractivity contribution in [3.63, 3.8) is 0 Å². The van der Waals surface area contributed by atoms with Gasteiger partial charge in [0.15, 0.2) is 0 Å². The van der Waals surface area contributed by atoms with Crippen LogP contribution in [0.3, 0.4) is 0 Å². The van der Waals surface area contributed by atoms with Gasteiger partial charge in [0.1, 0.15) is 11.8 Å². The second kappa shape index (κ2) is 6.94. The first-order valence-electron chi connectivity index (χ1n) is 4.59. The first-order valence-corrected chi connectivity index (χ1v) is 4.59. The molecule has 0 aliphatic rings. The second-order valence-corrected chi connectivity index (χ2v) is 3.17. The van der Waals surface area contributed by atoms with Gasteiger partial charge in [-0.1, -0.05) is 0 Å². The minimum Gasteiger partial charge on any atom is -0.480 e. The van der Waals surface area contributed by atoms with Gasteiger partial charge in [0.2, 0.25) is 5.91 Å². The Kier molecular flexibility index (Phi) is 6.28. The Labute approximate surface area is 87.3 Å². The number of hydrogen-bond acceptors (Lipinski definition) is 4. The van der Waals surface area contributed by atoms with E-state index in [2.05, 4.69) is 5.32 Å². The molecule has 3 N–H and O–H groups in total. The molecule has 6 nitrogen and oxygen atoms in total.